The van der Waals surface area contributed by atoms with E-state index in [1.165, 1.54) is 6.07 Å². The van der Waals surface area contributed by atoms with Gasteiger partial charge >= 0.3 is 0 Å². The zero-order chi connectivity index (χ0) is 18.4. The Morgan fingerprint density at radius 2 is 2.04 bits per heavy atom. The van der Waals surface area contributed by atoms with Crippen LogP contribution in [0, 0.1) is 11.7 Å². The molecule has 25 heavy (non-hydrogen) atoms. The summed E-state index contributed by atoms with van der Waals surface area (Å²) in [4.78, 5) is 0. The number of hydrogen-bond donors (Lipinski definition) is 1. The number of halogens is 3. The average molecular weight is 431 g/mol. The largest absolute Gasteiger partial charge is 0.493 e. The average Bonchev–Trinajstić information content (AvgIpc) is 2.55. The van der Waals surface area contributed by atoms with Gasteiger partial charge in [-0.25, -0.2) is 4.39 Å². The van der Waals surface area contributed by atoms with Gasteiger partial charge in [-0.05, 0) is 58.2 Å². The topological polar surface area (TPSA) is 30.5 Å². The fraction of sp³-hybridized carbons (Fsp3) is 0.368. The van der Waals surface area contributed by atoms with Gasteiger partial charge in [0.1, 0.15) is 12.4 Å². The first-order valence-corrected chi connectivity index (χ1v) is 9.22. The summed E-state index contributed by atoms with van der Waals surface area (Å²) in [6, 6.07) is 8.45. The molecular weight excluding hydrogens is 409 g/mol. The molecule has 0 saturated heterocycles. The Balaban J connectivity index is 2.15. The van der Waals surface area contributed by atoms with E-state index in [0.29, 0.717) is 28.0 Å². The summed E-state index contributed by atoms with van der Waals surface area (Å²) in [6.45, 7) is 6.00. The van der Waals surface area contributed by atoms with Gasteiger partial charge in [-0.3, -0.25) is 0 Å². The molecule has 0 radical (unpaired) electrons. The number of rotatable bonds is 8. The van der Waals surface area contributed by atoms with Crippen LogP contribution in [0.3, 0.4) is 0 Å². The Kier molecular flexibility index (Phi) is 7.54. The molecule has 2 rings (SSSR count). The van der Waals surface area contributed by atoms with E-state index in [2.05, 4.69) is 35.1 Å². The predicted molar refractivity (Wildman–Crippen MR) is 103 cm³/mol. The summed E-state index contributed by atoms with van der Waals surface area (Å²) in [5.74, 6) is 1.30. The van der Waals surface area contributed by atoms with Crippen LogP contribution < -0.4 is 14.8 Å². The molecule has 0 fully saturated rings. The molecule has 0 aromatic heterocycles. The fourth-order valence-corrected chi connectivity index (χ4v) is 3.16. The molecule has 2 aromatic carbocycles. The third kappa shape index (κ3) is 5.59. The number of methoxy groups -OCH3 is 1. The van der Waals surface area contributed by atoms with Crippen molar-refractivity contribution in [1.29, 1.82) is 0 Å². The van der Waals surface area contributed by atoms with Crippen LogP contribution in [0.25, 0.3) is 0 Å². The zero-order valence-electron chi connectivity index (χ0n) is 14.5. The molecule has 0 saturated carbocycles. The van der Waals surface area contributed by atoms with Crippen molar-refractivity contribution in [3.8, 4) is 11.5 Å². The Labute approximate surface area is 161 Å². The van der Waals surface area contributed by atoms with Crippen LogP contribution >= 0.6 is 27.5 Å². The smallest absolute Gasteiger partial charge is 0.175 e. The maximum Gasteiger partial charge on any atom is 0.175 e. The van der Waals surface area contributed by atoms with Crippen molar-refractivity contribution in [1.82, 2.24) is 5.32 Å². The minimum absolute atomic E-state index is 0.0193. The van der Waals surface area contributed by atoms with Crippen molar-refractivity contribution >= 4 is 27.5 Å². The highest BCUT2D eigenvalue weighted by atomic mass is 79.9. The molecule has 2 aromatic rings. The first-order valence-electron chi connectivity index (χ1n) is 8.05. The van der Waals surface area contributed by atoms with Crippen molar-refractivity contribution in [3.63, 3.8) is 0 Å². The van der Waals surface area contributed by atoms with Crippen molar-refractivity contribution in [3.05, 3.63) is 56.8 Å². The Morgan fingerprint density at radius 3 is 2.68 bits per heavy atom. The van der Waals surface area contributed by atoms with Crippen molar-refractivity contribution in [2.24, 2.45) is 5.92 Å². The molecule has 0 bridgehead atoms. The molecule has 0 amide bonds. The highest BCUT2D eigenvalue weighted by Gasteiger charge is 2.14. The molecule has 1 N–H and O–H groups in total. The van der Waals surface area contributed by atoms with Gasteiger partial charge in [-0.1, -0.05) is 31.5 Å². The lowest BCUT2D eigenvalue weighted by molar-refractivity contribution is 0.277. The quantitative estimate of drug-likeness (QED) is 0.593. The summed E-state index contributed by atoms with van der Waals surface area (Å²) >= 11 is 9.56. The minimum atomic E-state index is -0.392. The lowest BCUT2D eigenvalue weighted by Gasteiger charge is -2.16. The zero-order valence-corrected chi connectivity index (χ0v) is 16.9. The second kappa shape index (κ2) is 9.41. The molecule has 0 aliphatic carbocycles. The van der Waals surface area contributed by atoms with Crippen LogP contribution in [0.2, 0.25) is 5.02 Å². The second-order valence-electron chi connectivity index (χ2n) is 6.12. The predicted octanol–water partition coefficient (Wildman–Crippen LogP) is 5.57. The van der Waals surface area contributed by atoms with Crippen molar-refractivity contribution < 1.29 is 13.9 Å². The standard InChI is InChI=1S/C19H22BrClFNO2/c1-12(2)9-23-10-13-7-15(20)19(18(8-13)24-3)25-11-14-16(21)5-4-6-17(14)22/h4-8,12,23H,9-11H2,1-3H3. The van der Waals surface area contributed by atoms with E-state index in [1.807, 2.05) is 12.1 Å². The number of benzene rings is 2. The Bertz CT molecular complexity index is 705. The lowest BCUT2D eigenvalue weighted by Crippen LogP contribution is -2.19. The van der Waals surface area contributed by atoms with Crippen LogP contribution in [0.15, 0.2) is 34.8 Å². The Morgan fingerprint density at radius 1 is 1.28 bits per heavy atom. The Hall–Kier alpha value is -1.30. The molecule has 6 heteroatoms. The number of hydrogen-bond acceptors (Lipinski definition) is 3. The van der Waals surface area contributed by atoms with E-state index >= 15 is 0 Å². The van der Waals surface area contributed by atoms with Crippen molar-refractivity contribution in [2.45, 2.75) is 27.0 Å². The van der Waals surface area contributed by atoms with E-state index in [0.717, 1.165) is 23.1 Å². The van der Waals surface area contributed by atoms with Gasteiger partial charge in [0.2, 0.25) is 0 Å². The van der Waals surface area contributed by atoms with E-state index in [4.69, 9.17) is 21.1 Å². The SMILES string of the molecule is COc1cc(CNCC(C)C)cc(Br)c1OCc1c(F)cccc1Cl. The summed E-state index contributed by atoms with van der Waals surface area (Å²) in [5, 5.41) is 3.73. The summed E-state index contributed by atoms with van der Waals surface area (Å²) in [5.41, 5.74) is 1.39. The molecule has 0 heterocycles. The minimum Gasteiger partial charge on any atom is -0.493 e. The fourth-order valence-electron chi connectivity index (χ4n) is 2.34. The van der Waals surface area contributed by atoms with Crippen LogP contribution in [-0.2, 0) is 13.2 Å². The molecule has 0 spiro atoms. The van der Waals surface area contributed by atoms with Gasteiger partial charge in [0.05, 0.1) is 16.6 Å². The molecule has 0 atom stereocenters. The lowest BCUT2D eigenvalue weighted by atomic mass is 10.1. The number of ether oxygens (including phenoxy) is 2. The van der Waals surface area contributed by atoms with Crippen LogP contribution in [0.1, 0.15) is 25.0 Å². The van der Waals surface area contributed by atoms with Gasteiger partial charge in [-0.15, -0.1) is 0 Å². The van der Waals surface area contributed by atoms with Gasteiger partial charge in [0.15, 0.2) is 11.5 Å². The van der Waals surface area contributed by atoms with Gasteiger partial charge in [0.25, 0.3) is 0 Å². The first kappa shape index (κ1) is 20.0. The van der Waals surface area contributed by atoms with E-state index in [9.17, 15) is 4.39 Å². The highest BCUT2D eigenvalue weighted by molar-refractivity contribution is 9.10. The van der Waals surface area contributed by atoms with Crippen LogP contribution in [-0.4, -0.2) is 13.7 Å². The van der Waals surface area contributed by atoms with E-state index in [1.54, 1.807) is 19.2 Å². The normalized spacial score (nSPS) is 11.0. The summed E-state index contributed by atoms with van der Waals surface area (Å²) in [7, 11) is 1.58. The molecular formula is C19H22BrClFNO2. The third-order valence-electron chi connectivity index (χ3n) is 3.59. The highest BCUT2D eigenvalue weighted by Crippen LogP contribution is 2.37. The molecule has 0 aliphatic rings. The van der Waals surface area contributed by atoms with E-state index in [-0.39, 0.29) is 6.61 Å². The summed E-state index contributed by atoms with van der Waals surface area (Å²) in [6.07, 6.45) is 0. The van der Waals surface area contributed by atoms with E-state index < -0.39 is 5.82 Å². The van der Waals surface area contributed by atoms with Crippen LogP contribution in [0.4, 0.5) is 4.39 Å². The molecule has 3 nitrogen and oxygen atoms in total. The second-order valence-corrected chi connectivity index (χ2v) is 7.38. The molecule has 0 unspecified atom stereocenters. The first-order chi connectivity index (χ1) is 11.9. The number of nitrogens with one attached hydrogen (secondary N) is 1. The molecule has 136 valence electrons. The van der Waals surface area contributed by atoms with Crippen molar-refractivity contribution in [2.75, 3.05) is 13.7 Å². The third-order valence-corrected chi connectivity index (χ3v) is 4.54. The maximum atomic E-state index is 13.9. The van der Waals surface area contributed by atoms with Gasteiger partial charge in [-0.2, -0.15) is 0 Å². The monoisotopic (exact) mass is 429 g/mol. The van der Waals surface area contributed by atoms with Crippen LogP contribution in [0.5, 0.6) is 11.5 Å². The van der Waals surface area contributed by atoms with Gasteiger partial charge < -0.3 is 14.8 Å². The summed E-state index contributed by atoms with van der Waals surface area (Å²) < 4.78 is 25.9. The van der Waals surface area contributed by atoms with Gasteiger partial charge in [0, 0.05) is 12.1 Å². The maximum absolute atomic E-state index is 13.9. The molecule has 0 aliphatic heterocycles.